The molecule has 0 bridgehead atoms. The Bertz CT molecular complexity index is 601. The van der Waals surface area contributed by atoms with Gasteiger partial charge in [-0.3, -0.25) is 10.1 Å². The van der Waals surface area contributed by atoms with E-state index >= 15 is 0 Å². The Morgan fingerprint density at radius 3 is 2.17 bits per heavy atom. The topological polar surface area (TPSA) is 69.6 Å². The molecule has 0 fully saturated rings. The summed E-state index contributed by atoms with van der Waals surface area (Å²) in [6, 6.07) is 18.2. The molecule has 2 rings (SSSR count). The third-order valence-corrected chi connectivity index (χ3v) is 3.95. The number of aryl methyl sites for hydroxylation is 1. The largest absolute Gasteiger partial charge is 0.480 e. The van der Waals surface area contributed by atoms with Crippen molar-refractivity contribution < 1.29 is 15.0 Å². The highest BCUT2D eigenvalue weighted by molar-refractivity contribution is 5.74. The Hall–Kier alpha value is -2.17. The van der Waals surface area contributed by atoms with E-state index in [0.29, 0.717) is 12.8 Å². The van der Waals surface area contributed by atoms with Crippen LogP contribution in [0.15, 0.2) is 60.7 Å². The zero-order valence-electron chi connectivity index (χ0n) is 13.2. The summed E-state index contributed by atoms with van der Waals surface area (Å²) in [5.74, 6) is -1.03. The predicted molar refractivity (Wildman–Crippen MR) is 90.2 cm³/mol. The van der Waals surface area contributed by atoms with Crippen LogP contribution in [0.3, 0.4) is 0 Å². The van der Waals surface area contributed by atoms with Gasteiger partial charge >= 0.3 is 5.97 Å². The maximum atomic E-state index is 11.5. The van der Waals surface area contributed by atoms with Crippen molar-refractivity contribution in [1.29, 1.82) is 0 Å². The molecule has 122 valence electrons. The van der Waals surface area contributed by atoms with Crippen molar-refractivity contribution in [2.24, 2.45) is 0 Å². The van der Waals surface area contributed by atoms with Crippen LogP contribution in [0.5, 0.6) is 0 Å². The van der Waals surface area contributed by atoms with Crippen molar-refractivity contribution in [2.45, 2.75) is 38.0 Å². The lowest BCUT2D eigenvalue weighted by Gasteiger charge is -2.24. The van der Waals surface area contributed by atoms with Gasteiger partial charge < -0.3 is 10.2 Å². The van der Waals surface area contributed by atoms with Crippen molar-refractivity contribution in [1.82, 2.24) is 5.32 Å². The molecule has 0 aliphatic carbocycles. The number of benzene rings is 2. The molecule has 4 heteroatoms. The van der Waals surface area contributed by atoms with Gasteiger partial charge in [0.2, 0.25) is 0 Å². The molecule has 2 aromatic carbocycles. The lowest BCUT2D eigenvalue weighted by Crippen LogP contribution is -2.47. The predicted octanol–water partition coefficient (Wildman–Crippen LogP) is 2.78. The van der Waals surface area contributed by atoms with Crippen LogP contribution in [0, 0.1) is 0 Å². The van der Waals surface area contributed by atoms with E-state index in [1.54, 1.807) is 0 Å². The lowest BCUT2D eigenvalue weighted by molar-refractivity contribution is -0.143. The van der Waals surface area contributed by atoms with Crippen LogP contribution in [0.25, 0.3) is 0 Å². The SMILES string of the molecule is C[C@@H](N[C@H](C(=O)O)[C@H](O)CCc1ccccc1)c1ccccc1. The first-order valence-corrected chi connectivity index (χ1v) is 7.83. The molecule has 0 aliphatic heterocycles. The fourth-order valence-electron chi connectivity index (χ4n) is 2.58. The summed E-state index contributed by atoms with van der Waals surface area (Å²) in [5.41, 5.74) is 2.08. The molecule has 0 aromatic heterocycles. The number of carboxylic acids is 1. The van der Waals surface area contributed by atoms with Gasteiger partial charge in [-0.2, -0.15) is 0 Å². The van der Waals surface area contributed by atoms with Gasteiger partial charge in [0.1, 0.15) is 6.04 Å². The van der Waals surface area contributed by atoms with Crippen LogP contribution in [-0.4, -0.2) is 28.3 Å². The first kappa shape index (κ1) is 17.2. The summed E-state index contributed by atoms with van der Waals surface area (Å²) < 4.78 is 0. The molecule has 0 spiro atoms. The summed E-state index contributed by atoms with van der Waals surface area (Å²) in [6.45, 7) is 1.90. The van der Waals surface area contributed by atoms with Crippen molar-refractivity contribution in [3.8, 4) is 0 Å². The molecular weight excluding hydrogens is 290 g/mol. The van der Waals surface area contributed by atoms with Crippen LogP contribution in [0.4, 0.5) is 0 Å². The van der Waals surface area contributed by atoms with Crippen LogP contribution in [0.2, 0.25) is 0 Å². The fourth-order valence-corrected chi connectivity index (χ4v) is 2.58. The number of nitrogens with one attached hydrogen (secondary N) is 1. The zero-order chi connectivity index (χ0) is 16.7. The minimum Gasteiger partial charge on any atom is -0.480 e. The molecule has 0 heterocycles. The van der Waals surface area contributed by atoms with Gasteiger partial charge in [-0.05, 0) is 30.9 Å². The maximum Gasteiger partial charge on any atom is 0.323 e. The third kappa shape index (κ3) is 5.20. The summed E-state index contributed by atoms with van der Waals surface area (Å²) in [7, 11) is 0. The minimum absolute atomic E-state index is 0.149. The Labute approximate surface area is 136 Å². The second kappa shape index (κ2) is 8.46. The maximum absolute atomic E-state index is 11.5. The molecule has 0 saturated carbocycles. The number of aliphatic hydroxyl groups excluding tert-OH is 1. The highest BCUT2D eigenvalue weighted by atomic mass is 16.4. The van der Waals surface area contributed by atoms with Gasteiger partial charge in [-0.15, -0.1) is 0 Å². The zero-order valence-corrected chi connectivity index (χ0v) is 13.2. The van der Waals surface area contributed by atoms with Crippen LogP contribution >= 0.6 is 0 Å². The van der Waals surface area contributed by atoms with Crippen LogP contribution < -0.4 is 5.32 Å². The van der Waals surface area contributed by atoms with Crippen molar-refractivity contribution in [3.63, 3.8) is 0 Å². The van der Waals surface area contributed by atoms with Gasteiger partial charge in [-0.1, -0.05) is 60.7 Å². The molecule has 0 radical (unpaired) electrons. The number of rotatable bonds is 8. The van der Waals surface area contributed by atoms with E-state index in [1.165, 1.54) is 0 Å². The average Bonchev–Trinajstić information content (AvgIpc) is 2.58. The van der Waals surface area contributed by atoms with Gasteiger partial charge in [-0.25, -0.2) is 0 Å². The Balaban J connectivity index is 1.96. The first-order chi connectivity index (χ1) is 11.1. The highest BCUT2D eigenvalue weighted by Gasteiger charge is 2.27. The number of aliphatic hydroxyl groups is 1. The first-order valence-electron chi connectivity index (χ1n) is 7.83. The average molecular weight is 313 g/mol. The number of carboxylic acid groups (broad SMARTS) is 1. The minimum atomic E-state index is -1.03. The van der Waals surface area contributed by atoms with E-state index in [2.05, 4.69) is 5.32 Å². The standard InChI is InChI=1S/C19H23NO3/c1-14(16-10-6-3-7-11-16)20-18(19(22)23)17(21)13-12-15-8-4-2-5-9-15/h2-11,14,17-18,20-21H,12-13H2,1H3,(H,22,23)/t14-,17-,18+/m1/s1. The quantitative estimate of drug-likeness (QED) is 0.701. The molecule has 2 aromatic rings. The molecule has 0 unspecified atom stereocenters. The second-order valence-electron chi connectivity index (χ2n) is 5.71. The molecule has 0 saturated heterocycles. The van der Waals surface area contributed by atoms with Crippen molar-refractivity contribution >= 4 is 5.97 Å². The second-order valence-corrected chi connectivity index (χ2v) is 5.71. The fraction of sp³-hybridized carbons (Fsp3) is 0.316. The summed E-state index contributed by atoms with van der Waals surface area (Å²) in [6.07, 6.45) is 0.0988. The number of hydrogen-bond acceptors (Lipinski definition) is 3. The van der Waals surface area contributed by atoms with Crippen molar-refractivity contribution in [2.75, 3.05) is 0 Å². The number of hydrogen-bond donors (Lipinski definition) is 3. The molecule has 3 N–H and O–H groups in total. The van der Waals surface area contributed by atoms with E-state index < -0.39 is 18.1 Å². The van der Waals surface area contributed by atoms with E-state index in [-0.39, 0.29) is 6.04 Å². The summed E-state index contributed by atoms with van der Waals surface area (Å²) >= 11 is 0. The Kier molecular flexibility index (Phi) is 6.32. The van der Waals surface area contributed by atoms with E-state index in [4.69, 9.17) is 0 Å². The summed E-state index contributed by atoms with van der Waals surface area (Å²) in [4.78, 5) is 11.5. The molecule has 4 nitrogen and oxygen atoms in total. The van der Waals surface area contributed by atoms with E-state index in [1.807, 2.05) is 67.6 Å². The monoisotopic (exact) mass is 313 g/mol. The Morgan fingerprint density at radius 2 is 1.61 bits per heavy atom. The molecule has 23 heavy (non-hydrogen) atoms. The molecule has 0 aliphatic rings. The smallest absolute Gasteiger partial charge is 0.323 e. The van der Waals surface area contributed by atoms with Gasteiger partial charge in [0.25, 0.3) is 0 Å². The van der Waals surface area contributed by atoms with Gasteiger partial charge in [0.15, 0.2) is 0 Å². The Morgan fingerprint density at radius 1 is 1.04 bits per heavy atom. The molecule has 0 amide bonds. The third-order valence-electron chi connectivity index (χ3n) is 3.95. The highest BCUT2D eigenvalue weighted by Crippen LogP contribution is 2.15. The van der Waals surface area contributed by atoms with E-state index in [0.717, 1.165) is 11.1 Å². The van der Waals surface area contributed by atoms with Crippen LogP contribution in [-0.2, 0) is 11.2 Å². The molecule has 3 atom stereocenters. The molecular formula is C19H23NO3. The van der Waals surface area contributed by atoms with Crippen LogP contribution in [0.1, 0.15) is 30.5 Å². The lowest BCUT2D eigenvalue weighted by atomic mass is 10.00. The normalized spacial score (nSPS) is 14.9. The van der Waals surface area contributed by atoms with Gasteiger partial charge in [0, 0.05) is 6.04 Å². The van der Waals surface area contributed by atoms with Gasteiger partial charge in [0.05, 0.1) is 6.10 Å². The number of aliphatic carboxylic acids is 1. The van der Waals surface area contributed by atoms with E-state index in [9.17, 15) is 15.0 Å². The number of carbonyl (C=O) groups is 1. The summed E-state index contributed by atoms with van der Waals surface area (Å²) in [5, 5.41) is 22.7. The van der Waals surface area contributed by atoms with Crippen molar-refractivity contribution in [3.05, 3.63) is 71.8 Å².